The summed E-state index contributed by atoms with van der Waals surface area (Å²) in [7, 11) is 0. The summed E-state index contributed by atoms with van der Waals surface area (Å²) in [5.74, 6) is -5.20. The van der Waals surface area contributed by atoms with Crippen LogP contribution in [0.3, 0.4) is 0 Å². The molecule has 0 aliphatic carbocycles. The number of carbonyl (C=O) groups is 7. The highest BCUT2D eigenvalue weighted by atomic mass is 16.2. The Morgan fingerprint density at radius 2 is 1.23 bits per heavy atom. The molecule has 2 aromatic rings. The second kappa shape index (κ2) is 19.8. The number of amides is 7. The summed E-state index contributed by atoms with van der Waals surface area (Å²) in [6.45, 7) is 14.0. The van der Waals surface area contributed by atoms with Gasteiger partial charge in [0.2, 0.25) is 41.4 Å². The molecule has 15 nitrogen and oxygen atoms in total. The molecule has 3 rings (SSSR count). The molecule has 1 aromatic heterocycles. The summed E-state index contributed by atoms with van der Waals surface area (Å²) in [6.07, 6.45) is 2.50. The molecule has 53 heavy (non-hydrogen) atoms. The summed E-state index contributed by atoms with van der Waals surface area (Å²) in [5, 5.41) is 20.0. The van der Waals surface area contributed by atoms with E-state index >= 15 is 0 Å². The average Bonchev–Trinajstić information content (AvgIpc) is 3.51. The molecule has 1 aromatic carbocycles. The molecule has 6 atom stereocenters. The molecule has 1 aliphatic rings. The number of benzene rings is 1. The van der Waals surface area contributed by atoms with Crippen molar-refractivity contribution in [2.24, 2.45) is 23.7 Å². The van der Waals surface area contributed by atoms with Crippen LogP contribution in [0.15, 0.2) is 30.5 Å². The van der Waals surface area contributed by atoms with Gasteiger partial charge in [0.05, 0.1) is 6.54 Å². The summed E-state index contributed by atoms with van der Waals surface area (Å²) in [5.41, 5.74) is 1.63. The van der Waals surface area contributed by atoms with E-state index in [0.29, 0.717) is 6.42 Å². The Kier molecular flexibility index (Phi) is 15.8. The van der Waals surface area contributed by atoms with E-state index in [0.717, 1.165) is 16.5 Å². The first-order valence-electron chi connectivity index (χ1n) is 18.6. The van der Waals surface area contributed by atoms with Crippen molar-refractivity contribution in [2.75, 3.05) is 13.1 Å². The molecule has 2 heterocycles. The highest BCUT2D eigenvalue weighted by Gasteiger charge is 2.36. The second-order valence-corrected chi connectivity index (χ2v) is 15.0. The molecule has 0 unspecified atom stereocenters. The maximum atomic E-state index is 13.9. The molecular weight excluding hydrogens is 680 g/mol. The van der Waals surface area contributed by atoms with Crippen LogP contribution >= 0.6 is 0 Å². The Morgan fingerprint density at radius 3 is 1.83 bits per heavy atom. The van der Waals surface area contributed by atoms with E-state index in [1.165, 1.54) is 0 Å². The quantitative estimate of drug-likeness (QED) is 0.198. The van der Waals surface area contributed by atoms with Crippen LogP contribution in [0.2, 0.25) is 0 Å². The van der Waals surface area contributed by atoms with Gasteiger partial charge in [-0.3, -0.25) is 33.6 Å². The third-order valence-corrected chi connectivity index (χ3v) is 9.48. The van der Waals surface area contributed by atoms with Crippen LogP contribution < -0.4 is 37.2 Å². The number of H-pyrrole nitrogens is 1. The highest BCUT2D eigenvalue weighted by molar-refractivity contribution is 5.97. The first kappa shape index (κ1) is 42.5. The summed E-state index contributed by atoms with van der Waals surface area (Å²) >= 11 is 0. The molecule has 1 aliphatic heterocycles. The van der Waals surface area contributed by atoms with Crippen LogP contribution in [-0.4, -0.2) is 89.6 Å². The lowest BCUT2D eigenvalue weighted by Gasteiger charge is -2.31. The summed E-state index contributed by atoms with van der Waals surface area (Å²) in [6, 6.07) is 2.27. The van der Waals surface area contributed by atoms with Crippen molar-refractivity contribution in [3.05, 3.63) is 36.0 Å². The minimum absolute atomic E-state index is 0.00130. The SMILES string of the molecule is CC[C@H](C)[C@H]1NC(=O)[C@@H](CC(C)C)NC(=O)CNC(=O)CCNC(=O)[C@@H](Cc2c[nH]c3ccccc23)NC(=O)[C@@H](C(C)C)NC(=O)[C@H](C(C)C)NC1=O. The maximum absolute atomic E-state index is 13.9. The van der Waals surface area contributed by atoms with E-state index in [4.69, 9.17) is 0 Å². The third-order valence-electron chi connectivity index (χ3n) is 9.48. The van der Waals surface area contributed by atoms with Gasteiger partial charge in [-0.05, 0) is 41.7 Å². The van der Waals surface area contributed by atoms with E-state index in [-0.39, 0.29) is 37.6 Å². The van der Waals surface area contributed by atoms with Crippen LogP contribution in [-0.2, 0) is 40.0 Å². The van der Waals surface area contributed by atoms with Crippen molar-refractivity contribution in [3.63, 3.8) is 0 Å². The minimum Gasteiger partial charge on any atom is -0.361 e. The smallest absolute Gasteiger partial charge is 0.243 e. The molecule has 292 valence electrons. The molecular formula is C38H58N8O7. The van der Waals surface area contributed by atoms with Gasteiger partial charge >= 0.3 is 0 Å². The number of aromatic nitrogens is 1. The zero-order valence-electron chi connectivity index (χ0n) is 32.2. The lowest BCUT2D eigenvalue weighted by molar-refractivity contribution is -0.137. The Morgan fingerprint density at radius 1 is 0.642 bits per heavy atom. The number of fused-ring (bicyclic) bond motifs is 1. The van der Waals surface area contributed by atoms with Gasteiger partial charge in [-0.1, -0.05) is 80.0 Å². The molecule has 1 saturated heterocycles. The zero-order valence-corrected chi connectivity index (χ0v) is 32.2. The molecule has 0 spiro atoms. The predicted molar refractivity (Wildman–Crippen MR) is 201 cm³/mol. The van der Waals surface area contributed by atoms with Crippen molar-refractivity contribution in [3.8, 4) is 0 Å². The lowest BCUT2D eigenvalue weighted by atomic mass is 9.95. The molecule has 0 bridgehead atoms. The van der Waals surface area contributed by atoms with E-state index in [2.05, 4.69) is 42.2 Å². The molecule has 15 heteroatoms. The number of hydrogen-bond acceptors (Lipinski definition) is 7. The van der Waals surface area contributed by atoms with Crippen LogP contribution in [0, 0.1) is 23.7 Å². The van der Waals surface area contributed by atoms with Crippen molar-refractivity contribution < 1.29 is 33.6 Å². The monoisotopic (exact) mass is 738 g/mol. The normalized spacial score (nSPS) is 24.3. The molecule has 0 radical (unpaired) electrons. The molecule has 1 fully saturated rings. The van der Waals surface area contributed by atoms with E-state index in [1.54, 1.807) is 40.8 Å². The number of carbonyl (C=O) groups excluding carboxylic acids is 7. The lowest BCUT2D eigenvalue weighted by Crippen LogP contribution is -2.62. The largest absolute Gasteiger partial charge is 0.361 e. The third kappa shape index (κ3) is 12.3. The number of aromatic amines is 1. The fourth-order valence-electron chi connectivity index (χ4n) is 6.14. The summed E-state index contributed by atoms with van der Waals surface area (Å²) < 4.78 is 0. The number of hydrogen-bond donors (Lipinski definition) is 8. The Hall–Kier alpha value is -4.95. The number of rotatable bonds is 8. The standard InChI is InChI=1S/C38H58N8O7/c1-9-23(8)33-38(53)45-32(22(6)7)37(52)44-31(21(4)5)36(51)43-28(17-24-18-40-26-13-11-10-12-25(24)26)34(49)39-15-14-29(47)41-19-30(48)42-27(16-20(2)3)35(50)46-33/h10-13,18,20-23,27-28,31-33,40H,9,14-17,19H2,1-8H3,(H,39,49)(H,41,47)(H,42,48)(H,43,51)(H,44,52)(H,45,53)(H,46,50)/t23-,27+,28+,31+,32-,33+/m0/s1. The second-order valence-electron chi connectivity index (χ2n) is 15.0. The molecule has 0 saturated carbocycles. The fraction of sp³-hybridized carbons (Fsp3) is 0.605. The molecule has 8 N–H and O–H groups in total. The van der Waals surface area contributed by atoms with Crippen LogP contribution in [0.25, 0.3) is 10.9 Å². The number of nitrogens with one attached hydrogen (secondary N) is 8. The van der Waals surface area contributed by atoms with Gasteiger partial charge in [0, 0.05) is 36.5 Å². The number of para-hydroxylation sites is 1. The Labute approximate surface area is 311 Å². The Balaban J connectivity index is 1.98. The average molecular weight is 739 g/mol. The van der Waals surface area contributed by atoms with Gasteiger partial charge in [0.15, 0.2) is 0 Å². The Bertz CT molecular complexity index is 1620. The zero-order chi connectivity index (χ0) is 39.4. The highest BCUT2D eigenvalue weighted by Crippen LogP contribution is 2.20. The van der Waals surface area contributed by atoms with Gasteiger partial charge in [-0.2, -0.15) is 0 Å². The van der Waals surface area contributed by atoms with Crippen LogP contribution in [0.1, 0.15) is 80.2 Å². The van der Waals surface area contributed by atoms with Crippen molar-refractivity contribution in [1.82, 2.24) is 42.2 Å². The van der Waals surface area contributed by atoms with Crippen molar-refractivity contribution >= 4 is 52.3 Å². The topological polar surface area (TPSA) is 219 Å². The van der Waals surface area contributed by atoms with Gasteiger partial charge in [0.25, 0.3) is 0 Å². The van der Waals surface area contributed by atoms with Gasteiger partial charge < -0.3 is 42.2 Å². The first-order valence-corrected chi connectivity index (χ1v) is 18.6. The minimum atomic E-state index is -1.08. The van der Waals surface area contributed by atoms with Crippen molar-refractivity contribution in [1.29, 1.82) is 0 Å². The molecule has 7 amide bonds. The fourth-order valence-corrected chi connectivity index (χ4v) is 6.14. The summed E-state index contributed by atoms with van der Waals surface area (Å²) in [4.78, 5) is 97.5. The van der Waals surface area contributed by atoms with Crippen LogP contribution in [0.5, 0.6) is 0 Å². The van der Waals surface area contributed by atoms with Crippen molar-refractivity contribution in [2.45, 2.75) is 111 Å². The van der Waals surface area contributed by atoms with Gasteiger partial charge in [0.1, 0.15) is 30.2 Å². The predicted octanol–water partition coefficient (Wildman–Crippen LogP) is 1.17. The van der Waals surface area contributed by atoms with Crippen LogP contribution in [0.4, 0.5) is 0 Å². The van der Waals surface area contributed by atoms with Gasteiger partial charge in [-0.25, -0.2) is 0 Å². The maximum Gasteiger partial charge on any atom is 0.243 e. The first-order chi connectivity index (χ1) is 25.0. The van der Waals surface area contributed by atoms with E-state index in [1.807, 2.05) is 45.0 Å². The van der Waals surface area contributed by atoms with E-state index in [9.17, 15) is 33.6 Å². The van der Waals surface area contributed by atoms with E-state index < -0.39 is 89.9 Å². The van der Waals surface area contributed by atoms with Gasteiger partial charge in [-0.15, -0.1) is 0 Å².